The van der Waals surface area contributed by atoms with E-state index < -0.39 is 10.0 Å². The lowest BCUT2D eigenvalue weighted by Crippen LogP contribution is -2.28. The van der Waals surface area contributed by atoms with Crippen molar-refractivity contribution in [3.8, 4) is 0 Å². The maximum atomic E-state index is 12.6. The molecule has 5 heteroatoms. The van der Waals surface area contributed by atoms with Crippen molar-refractivity contribution in [2.24, 2.45) is 0 Å². The molecule has 1 heterocycles. The second-order valence-electron chi connectivity index (χ2n) is 5.33. The fourth-order valence-corrected chi connectivity index (χ4v) is 4.23. The fourth-order valence-electron chi connectivity index (χ4n) is 2.73. The van der Waals surface area contributed by atoms with Crippen molar-refractivity contribution in [2.75, 3.05) is 18.8 Å². The van der Waals surface area contributed by atoms with Crippen molar-refractivity contribution in [3.05, 3.63) is 60.2 Å². The fraction of sp³-hybridized carbons (Fsp3) is 0.250. The van der Waals surface area contributed by atoms with Gasteiger partial charge in [0.2, 0.25) is 10.0 Å². The summed E-state index contributed by atoms with van der Waals surface area (Å²) >= 11 is 0. The van der Waals surface area contributed by atoms with Crippen molar-refractivity contribution in [1.29, 1.82) is 0 Å². The summed E-state index contributed by atoms with van der Waals surface area (Å²) in [5.41, 5.74) is 7.38. The van der Waals surface area contributed by atoms with Gasteiger partial charge in [-0.15, -0.1) is 0 Å². The first-order chi connectivity index (χ1) is 10.1. The molecule has 0 saturated carbocycles. The van der Waals surface area contributed by atoms with Gasteiger partial charge in [-0.05, 0) is 42.2 Å². The Morgan fingerprint density at radius 1 is 1.00 bits per heavy atom. The maximum Gasteiger partial charge on any atom is 0.243 e. The van der Waals surface area contributed by atoms with E-state index in [0.29, 0.717) is 23.7 Å². The highest BCUT2D eigenvalue weighted by Gasteiger charge is 2.32. The summed E-state index contributed by atoms with van der Waals surface area (Å²) in [6.45, 7) is 1.10. The molecular formula is C16H18N2O2S. The topological polar surface area (TPSA) is 63.4 Å². The van der Waals surface area contributed by atoms with E-state index in [2.05, 4.69) is 12.1 Å². The lowest BCUT2D eigenvalue weighted by molar-refractivity contribution is 0.473. The highest BCUT2D eigenvalue weighted by atomic mass is 32.2. The predicted molar refractivity (Wildman–Crippen MR) is 83.4 cm³/mol. The number of nitrogens with zero attached hydrogens (tertiary/aromatic N) is 1. The lowest BCUT2D eigenvalue weighted by Gasteiger charge is -2.17. The van der Waals surface area contributed by atoms with Gasteiger partial charge in [-0.3, -0.25) is 0 Å². The SMILES string of the molecule is Nc1ccc(S(=O)(=O)N2CCC(c3ccccc3)C2)cc1. The van der Waals surface area contributed by atoms with Gasteiger partial charge in [-0.25, -0.2) is 8.42 Å². The van der Waals surface area contributed by atoms with E-state index >= 15 is 0 Å². The third kappa shape index (κ3) is 2.80. The zero-order valence-electron chi connectivity index (χ0n) is 11.6. The minimum absolute atomic E-state index is 0.273. The number of benzene rings is 2. The standard InChI is InChI=1S/C16H18N2O2S/c17-15-6-8-16(9-7-15)21(19,20)18-11-10-14(12-18)13-4-2-1-3-5-13/h1-9,14H,10-12,17H2. The van der Waals surface area contributed by atoms with E-state index in [-0.39, 0.29) is 5.92 Å². The Bertz CT molecular complexity index is 712. The Labute approximate surface area is 125 Å². The Morgan fingerprint density at radius 2 is 1.67 bits per heavy atom. The summed E-state index contributed by atoms with van der Waals surface area (Å²) in [4.78, 5) is 0.311. The molecule has 0 amide bonds. The molecule has 2 N–H and O–H groups in total. The average molecular weight is 302 g/mol. The van der Waals surface area contributed by atoms with Crippen LogP contribution in [0.5, 0.6) is 0 Å². The van der Waals surface area contributed by atoms with Gasteiger partial charge in [0.25, 0.3) is 0 Å². The molecule has 1 saturated heterocycles. The second kappa shape index (κ2) is 5.50. The molecule has 3 rings (SSSR count). The van der Waals surface area contributed by atoms with Gasteiger partial charge in [-0.2, -0.15) is 4.31 Å². The molecule has 0 aromatic heterocycles. The molecule has 2 aromatic carbocycles. The number of rotatable bonds is 3. The smallest absolute Gasteiger partial charge is 0.243 e. The molecule has 2 aromatic rings. The summed E-state index contributed by atoms with van der Waals surface area (Å²) in [5, 5.41) is 0. The van der Waals surface area contributed by atoms with Crippen molar-refractivity contribution >= 4 is 15.7 Å². The first-order valence-electron chi connectivity index (χ1n) is 6.98. The Morgan fingerprint density at radius 3 is 2.33 bits per heavy atom. The average Bonchev–Trinajstić information content (AvgIpc) is 2.99. The highest BCUT2D eigenvalue weighted by Crippen LogP contribution is 2.31. The van der Waals surface area contributed by atoms with Crippen molar-refractivity contribution < 1.29 is 8.42 Å². The minimum Gasteiger partial charge on any atom is -0.399 e. The minimum atomic E-state index is -3.42. The molecule has 0 bridgehead atoms. The first-order valence-corrected chi connectivity index (χ1v) is 8.42. The van der Waals surface area contributed by atoms with Crippen molar-refractivity contribution in [1.82, 2.24) is 4.31 Å². The van der Waals surface area contributed by atoms with Crippen LogP contribution in [0.3, 0.4) is 0 Å². The molecule has 1 atom stereocenters. The first kappa shape index (κ1) is 14.1. The van der Waals surface area contributed by atoms with Gasteiger partial charge in [0, 0.05) is 18.8 Å². The number of hydrogen-bond donors (Lipinski definition) is 1. The molecule has 1 aliphatic rings. The van der Waals surface area contributed by atoms with Crippen LogP contribution in [0.2, 0.25) is 0 Å². The second-order valence-corrected chi connectivity index (χ2v) is 7.27. The van der Waals surface area contributed by atoms with Crippen LogP contribution in [-0.2, 0) is 10.0 Å². The van der Waals surface area contributed by atoms with E-state index in [4.69, 9.17) is 5.73 Å². The summed E-state index contributed by atoms with van der Waals surface area (Å²) in [5.74, 6) is 0.273. The van der Waals surface area contributed by atoms with Crippen LogP contribution >= 0.6 is 0 Å². The highest BCUT2D eigenvalue weighted by molar-refractivity contribution is 7.89. The van der Waals surface area contributed by atoms with Gasteiger partial charge in [-0.1, -0.05) is 30.3 Å². The Kier molecular flexibility index (Phi) is 3.69. The zero-order chi connectivity index (χ0) is 14.9. The van der Waals surface area contributed by atoms with Gasteiger partial charge >= 0.3 is 0 Å². The van der Waals surface area contributed by atoms with E-state index in [1.165, 1.54) is 5.56 Å². The molecule has 0 radical (unpaired) electrons. The van der Waals surface area contributed by atoms with Gasteiger partial charge in [0.05, 0.1) is 4.90 Å². The van der Waals surface area contributed by atoms with Crippen LogP contribution in [0.15, 0.2) is 59.5 Å². The number of nitrogen functional groups attached to an aromatic ring is 1. The number of hydrogen-bond acceptors (Lipinski definition) is 3. The number of sulfonamides is 1. The number of anilines is 1. The van der Waals surface area contributed by atoms with Crippen LogP contribution in [0.25, 0.3) is 0 Å². The van der Waals surface area contributed by atoms with Crippen LogP contribution in [0, 0.1) is 0 Å². The monoisotopic (exact) mass is 302 g/mol. The molecule has 1 unspecified atom stereocenters. The zero-order valence-corrected chi connectivity index (χ0v) is 12.5. The Hall–Kier alpha value is -1.85. The molecular weight excluding hydrogens is 284 g/mol. The molecule has 0 spiro atoms. The summed E-state index contributed by atoms with van der Waals surface area (Å²) in [6.07, 6.45) is 0.859. The van der Waals surface area contributed by atoms with Crippen LogP contribution < -0.4 is 5.73 Å². The van der Waals surface area contributed by atoms with Gasteiger partial charge < -0.3 is 5.73 Å². The molecule has 0 aliphatic carbocycles. The summed E-state index contributed by atoms with van der Waals surface area (Å²) in [6, 6.07) is 16.5. The van der Waals surface area contributed by atoms with E-state index in [1.807, 2.05) is 18.2 Å². The van der Waals surface area contributed by atoms with Crippen LogP contribution in [0.4, 0.5) is 5.69 Å². The molecule has 110 valence electrons. The largest absolute Gasteiger partial charge is 0.399 e. The molecule has 4 nitrogen and oxygen atoms in total. The van der Waals surface area contributed by atoms with Gasteiger partial charge in [0.15, 0.2) is 0 Å². The predicted octanol–water partition coefficient (Wildman–Crippen LogP) is 2.45. The number of nitrogens with two attached hydrogens (primary N) is 1. The lowest BCUT2D eigenvalue weighted by atomic mass is 9.99. The maximum absolute atomic E-state index is 12.6. The summed E-state index contributed by atoms with van der Waals surface area (Å²) in [7, 11) is -3.42. The van der Waals surface area contributed by atoms with E-state index in [1.54, 1.807) is 28.6 Å². The van der Waals surface area contributed by atoms with Crippen molar-refractivity contribution in [2.45, 2.75) is 17.2 Å². The van der Waals surface area contributed by atoms with Crippen molar-refractivity contribution in [3.63, 3.8) is 0 Å². The third-order valence-electron chi connectivity index (χ3n) is 3.94. The van der Waals surface area contributed by atoms with Crippen LogP contribution in [-0.4, -0.2) is 25.8 Å². The van der Waals surface area contributed by atoms with E-state index in [0.717, 1.165) is 6.42 Å². The molecule has 1 aliphatic heterocycles. The Balaban J connectivity index is 1.81. The van der Waals surface area contributed by atoms with E-state index in [9.17, 15) is 8.42 Å². The molecule has 21 heavy (non-hydrogen) atoms. The van der Waals surface area contributed by atoms with Gasteiger partial charge in [0.1, 0.15) is 0 Å². The van der Waals surface area contributed by atoms with Crippen LogP contribution in [0.1, 0.15) is 17.9 Å². The quantitative estimate of drug-likeness (QED) is 0.886. The molecule has 1 fully saturated rings. The normalized spacial score (nSPS) is 19.7. The summed E-state index contributed by atoms with van der Waals surface area (Å²) < 4.78 is 26.8. The third-order valence-corrected chi connectivity index (χ3v) is 5.82.